The van der Waals surface area contributed by atoms with Crippen LogP contribution >= 0.6 is 22.9 Å². The standard InChI is InChI=1S/C20H22ClFN2O3S2/c1-2-11-23(14-17-5-8-19(21)28-17)20(25)15-9-12-24(13-10-15)29(26,27)18-6-3-16(22)4-7-18/h2-8,15H,1,9-14H2. The lowest BCUT2D eigenvalue weighted by molar-refractivity contribution is -0.136. The number of piperidine rings is 1. The molecule has 3 rings (SSSR count). The van der Waals surface area contributed by atoms with Crippen LogP contribution in [-0.2, 0) is 21.4 Å². The number of nitrogens with zero attached hydrogens (tertiary/aromatic N) is 2. The minimum atomic E-state index is -3.69. The fourth-order valence-corrected chi connectivity index (χ4v) is 5.94. The van der Waals surface area contributed by atoms with Gasteiger partial charge in [-0.1, -0.05) is 17.7 Å². The van der Waals surface area contributed by atoms with Crippen molar-refractivity contribution in [1.82, 2.24) is 9.21 Å². The number of halogens is 2. The maximum Gasteiger partial charge on any atom is 0.243 e. The second-order valence-corrected chi connectivity index (χ2v) is 10.6. The highest BCUT2D eigenvalue weighted by molar-refractivity contribution is 7.89. The predicted octanol–water partition coefficient (Wildman–Crippen LogP) is 4.16. The van der Waals surface area contributed by atoms with Gasteiger partial charge < -0.3 is 4.90 Å². The Balaban J connectivity index is 1.64. The Hall–Kier alpha value is -1.74. The molecule has 1 fully saturated rings. The van der Waals surface area contributed by atoms with Gasteiger partial charge in [0.2, 0.25) is 15.9 Å². The Bertz CT molecular complexity index is 968. The summed E-state index contributed by atoms with van der Waals surface area (Å²) in [6.45, 7) is 5.11. The minimum absolute atomic E-state index is 0.00625. The van der Waals surface area contributed by atoms with Gasteiger partial charge in [-0.05, 0) is 49.2 Å². The van der Waals surface area contributed by atoms with Crippen LogP contribution < -0.4 is 0 Å². The van der Waals surface area contributed by atoms with Crippen molar-refractivity contribution < 1.29 is 17.6 Å². The third-order valence-corrected chi connectivity index (χ3v) is 8.02. The molecular weight excluding hydrogens is 435 g/mol. The number of hydrogen-bond acceptors (Lipinski definition) is 4. The van der Waals surface area contributed by atoms with Crippen LogP contribution in [0.15, 0.2) is 53.9 Å². The molecule has 5 nitrogen and oxygen atoms in total. The third kappa shape index (κ3) is 5.25. The van der Waals surface area contributed by atoms with Gasteiger partial charge in [-0.3, -0.25) is 4.79 Å². The van der Waals surface area contributed by atoms with Crippen LogP contribution in [0.25, 0.3) is 0 Å². The lowest BCUT2D eigenvalue weighted by Crippen LogP contribution is -2.44. The lowest BCUT2D eigenvalue weighted by Gasteiger charge is -2.33. The summed E-state index contributed by atoms with van der Waals surface area (Å²) in [6, 6.07) is 8.49. The molecule has 0 spiro atoms. The second-order valence-electron chi connectivity index (χ2n) is 6.85. The molecule has 2 heterocycles. The summed E-state index contributed by atoms with van der Waals surface area (Å²) in [6.07, 6.45) is 2.57. The average molecular weight is 457 g/mol. The molecule has 1 aromatic carbocycles. The summed E-state index contributed by atoms with van der Waals surface area (Å²) in [5.41, 5.74) is 0. The molecule has 0 bridgehead atoms. The Morgan fingerprint density at radius 1 is 1.24 bits per heavy atom. The van der Waals surface area contributed by atoms with E-state index in [9.17, 15) is 17.6 Å². The normalized spacial score (nSPS) is 15.9. The number of rotatable bonds is 7. The van der Waals surface area contributed by atoms with Gasteiger partial charge in [0.25, 0.3) is 0 Å². The van der Waals surface area contributed by atoms with Crippen LogP contribution in [0.3, 0.4) is 0 Å². The number of hydrogen-bond donors (Lipinski definition) is 0. The molecule has 2 aromatic rings. The van der Waals surface area contributed by atoms with E-state index in [1.807, 2.05) is 6.07 Å². The number of sulfonamides is 1. The highest BCUT2D eigenvalue weighted by Crippen LogP contribution is 2.27. The topological polar surface area (TPSA) is 57.7 Å². The van der Waals surface area contributed by atoms with Crippen LogP contribution in [0, 0.1) is 11.7 Å². The zero-order chi connectivity index (χ0) is 21.0. The van der Waals surface area contributed by atoms with Crippen LogP contribution in [0.5, 0.6) is 0 Å². The Labute approximate surface area is 179 Å². The lowest BCUT2D eigenvalue weighted by atomic mass is 9.96. The fourth-order valence-electron chi connectivity index (χ4n) is 3.37. The van der Waals surface area contributed by atoms with E-state index in [2.05, 4.69) is 6.58 Å². The van der Waals surface area contributed by atoms with Crippen molar-refractivity contribution in [3.05, 3.63) is 64.1 Å². The highest BCUT2D eigenvalue weighted by Gasteiger charge is 2.33. The van der Waals surface area contributed by atoms with Gasteiger partial charge in [-0.25, -0.2) is 12.8 Å². The van der Waals surface area contributed by atoms with Gasteiger partial charge in [0, 0.05) is 30.4 Å². The van der Waals surface area contributed by atoms with E-state index in [1.165, 1.54) is 27.8 Å². The first-order chi connectivity index (χ1) is 13.8. The summed E-state index contributed by atoms with van der Waals surface area (Å²) in [4.78, 5) is 15.8. The quantitative estimate of drug-likeness (QED) is 0.588. The molecule has 0 aliphatic carbocycles. The summed E-state index contributed by atoms with van der Waals surface area (Å²) >= 11 is 7.41. The number of carbonyl (C=O) groups excluding carboxylic acids is 1. The fraction of sp³-hybridized carbons (Fsp3) is 0.350. The van der Waals surface area contributed by atoms with Gasteiger partial charge in [0.15, 0.2) is 0 Å². The van der Waals surface area contributed by atoms with Crippen molar-refractivity contribution in [2.75, 3.05) is 19.6 Å². The Kier molecular flexibility index (Phi) is 7.10. The predicted molar refractivity (Wildman–Crippen MR) is 113 cm³/mol. The average Bonchev–Trinajstić information content (AvgIpc) is 3.12. The first kappa shape index (κ1) is 22.0. The van der Waals surface area contributed by atoms with Gasteiger partial charge >= 0.3 is 0 Å². The molecule has 0 N–H and O–H groups in total. The Morgan fingerprint density at radius 2 is 1.90 bits per heavy atom. The van der Waals surface area contributed by atoms with Crippen molar-refractivity contribution in [1.29, 1.82) is 0 Å². The monoisotopic (exact) mass is 456 g/mol. The summed E-state index contributed by atoms with van der Waals surface area (Å²) in [7, 11) is -3.69. The molecule has 156 valence electrons. The molecule has 1 amide bonds. The van der Waals surface area contributed by atoms with Crippen LogP contribution in [0.1, 0.15) is 17.7 Å². The molecule has 1 saturated heterocycles. The highest BCUT2D eigenvalue weighted by atomic mass is 35.5. The van der Waals surface area contributed by atoms with E-state index in [4.69, 9.17) is 11.6 Å². The largest absolute Gasteiger partial charge is 0.334 e. The number of amides is 1. The summed E-state index contributed by atoms with van der Waals surface area (Å²) < 4.78 is 40.6. The molecule has 0 unspecified atom stereocenters. The number of benzene rings is 1. The molecule has 1 aliphatic rings. The molecule has 29 heavy (non-hydrogen) atoms. The van der Waals surface area contributed by atoms with Gasteiger partial charge in [-0.15, -0.1) is 17.9 Å². The second kappa shape index (κ2) is 9.38. The van der Waals surface area contributed by atoms with Gasteiger partial charge in [0.05, 0.1) is 15.8 Å². The van der Waals surface area contributed by atoms with E-state index in [0.717, 1.165) is 17.0 Å². The molecule has 1 aromatic heterocycles. The van der Waals surface area contributed by atoms with E-state index in [0.29, 0.717) is 30.3 Å². The summed E-state index contributed by atoms with van der Waals surface area (Å²) in [5, 5.41) is 0. The van der Waals surface area contributed by atoms with Crippen molar-refractivity contribution in [3.8, 4) is 0 Å². The van der Waals surface area contributed by atoms with Gasteiger partial charge in [-0.2, -0.15) is 4.31 Å². The van der Waals surface area contributed by atoms with E-state index in [1.54, 1.807) is 17.0 Å². The van der Waals surface area contributed by atoms with Crippen molar-refractivity contribution in [3.63, 3.8) is 0 Å². The van der Waals surface area contributed by atoms with Crippen LogP contribution in [0.2, 0.25) is 4.34 Å². The smallest absolute Gasteiger partial charge is 0.243 e. The molecule has 1 aliphatic heterocycles. The molecule has 0 atom stereocenters. The van der Waals surface area contributed by atoms with Crippen LogP contribution in [-0.4, -0.2) is 43.2 Å². The van der Waals surface area contributed by atoms with Crippen molar-refractivity contribution in [2.24, 2.45) is 5.92 Å². The SMILES string of the molecule is C=CCN(Cc1ccc(Cl)s1)C(=O)C1CCN(S(=O)(=O)c2ccc(F)cc2)CC1. The Morgan fingerprint density at radius 3 is 2.45 bits per heavy atom. The first-order valence-electron chi connectivity index (χ1n) is 9.21. The van der Waals surface area contributed by atoms with E-state index < -0.39 is 15.8 Å². The zero-order valence-corrected chi connectivity index (χ0v) is 18.1. The van der Waals surface area contributed by atoms with E-state index in [-0.39, 0.29) is 29.8 Å². The maximum absolute atomic E-state index is 13.1. The van der Waals surface area contributed by atoms with Crippen molar-refractivity contribution >= 4 is 38.9 Å². The maximum atomic E-state index is 13.1. The van der Waals surface area contributed by atoms with Crippen molar-refractivity contribution in [2.45, 2.75) is 24.3 Å². The zero-order valence-electron chi connectivity index (χ0n) is 15.8. The summed E-state index contributed by atoms with van der Waals surface area (Å²) in [5.74, 6) is -0.735. The molecule has 9 heteroatoms. The molecule has 0 saturated carbocycles. The van der Waals surface area contributed by atoms with Gasteiger partial charge in [0.1, 0.15) is 5.82 Å². The minimum Gasteiger partial charge on any atom is -0.334 e. The molecular formula is C20H22ClFN2O3S2. The van der Waals surface area contributed by atoms with E-state index >= 15 is 0 Å². The first-order valence-corrected chi connectivity index (χ1v) is 11.8. The number of carbonyl (C=O) groups is 1. The third-order valence-electron chi connectivity index (χ3n) is 4.89. The van der Waals surface area contributed by atoms with Crippen LogP contribution in [0.4, 0.5) is 4.39 Å². The number of thiophene rings is 1. The molecule has 0 radical (unpaired) electrons.